The van der Waals surface area contributed by atoms with E-state index >= 15 is 0 Å². The minimum absolute atomic E-state index is 0.0208. The first-order chi connectivity index (χ1) is 11.2. The third kappa shape index (κ3) is 3.92. The van der Waals surface area contributed by atoms with Crippen molar-refractivity contribution in [1.29, 1.82) is 0 Å². The molecule has 118 valence electrons. The van der Waals surface area contributed by atoms with Gasteiger partial charge < -0.3 is 14.6 Å². The number of carbonyl (C=O) groups excluding carboxylic acids is 1. The molecule has 0 spiro atoms. The number of nitrogens with zero attached hydrogens (tertiary/aromatic N) is 1. The number of benzene rings is 2. The highest BCUT2D eigenvalue weighted by Crippen LogP contribution is 2.19. The number of amides is 1. The minimum Gasteiger partial charge on any atom is -0.484 e. The van der Waals surface area contributed by atoms with Crippen molar-refractivity contribution < 1.29 is 9.53 Å². The first-order valence-electron chi connectivity index (χ1n) is 7.70. The Kier molecular flexibility index (Phi) is 4.62. The summed E-state index contributed by atoms with van der Waals surface area (Å²) >= 11 is 0. The number of hydrogen-bond donors (Lipinski definition) is 1. The van der Waals surface area contributed by atoms with Crippen LogP contribution >= 0.6 is 0 Å². The highest BCUT2D eigenvalue weighted by molar-refractivity contribution is 5.81. The van der Waals surface area contributed by atoms with E-state index in [1.807, 2.05) is 55.7 Å². The van der Waals surface area contributed by atoms with E-state index in [9.17, 15) is 4.79 Å². The zero-order valence-electron chi connectivity index (χ0n) is 13.2. The van der Waals surface area contributed by atoms with Gasteiger partial charge >= 0.3 is 0 Å². The van der Waals surface area contributed by atoms with Crippen LogP contribution in [0.1, 0.15) is 5.56 Å². The Hall–Kier alpha value is -2.75. The van der Waals surface area contributed by atoms with Gasteiger partial charge in [-0.1, -0.05) is 30.3 Å². The minimum atomic E-state index is -0.0208. The molecular weight excluding hydrogens is 288 g/mol. The van der Waals surface area contributed by atoms with Crippen molar-refractivity contribution in [2.45, 2.75) is 6.42 Å². The van der Waals surface area contributed by atoms with E-state index in [-0.39, 0.29) is 12.5 Å². The predicted molar refractivity (Wildman–Crippen MR) is 91.6 cm³/mol. The number of carbonyl (C=O) groups is 1. The van der Waals surface area contributed by atoms with E-state index in [0.29, 0.717) is 12.3 Å². The van der Waals surface area contributed by atoms with Gasteiger partial charge in [0.05, 0.1) is 0 Å². The summed E-state index contributed by atoms with van der Waals surface area (Å²) < 4.78 is 5.61. The van der Waals surface area contributed by atoms with Gasteiger partial charge in [-0.25, -0.2) is 0 Å². The number of nitrogens with one attached hydrogen (secondary N) is 1. The Morgan fingerprint density at radius 1 is 1.13 bits per heavy atom. The van der Waals surface area contributed by atoms with Crippen LogP contribution in [0.4, 0.5) is 0 Å². The lowest BCUT2D eigenvalue weighted by Crippen LogP contribution is -2.33. The van der Waals surface area contributed by atoms with Gasteiger partial charge in [0.25, 0.3) is 5.91 Å². The number of ether oxygens (including phenoxy) is 1. The van der Waals surface area contributed by atoms with Gasteiger partial charge in [-0.2, -0.15) is 0 Å². The van der Waals surface area contributed by atoms with Crippen LogP contribution in [-0.2, 0) is 11.2 Å². The summed E-state index contributed by atoms with van der Waals surface area (Å²) in [5, 5.41) is 1.13. The summed E-state index contributed by atoms with van der Waals surface area (Å²) in [7, 11) is 1.81. The second kappa shape index (κ2) is 7.01. The van der Waals surface area contributed by atoms with Crippen LogP contribution < -0.4 is 4.74 Å². The molecule has 3 rings (SSSR count). The molecule has 0 atom stereocenters. The molecule has 1 N–H and O–H groups in total. The molecule has 4 heteroatoms. The van der Waals surface area contributed by atoms with Crippen LogP contribution in [0.3, 0.4) is 0 Å². The van der Waals surface area contributed by atoms with Gasteiger partial charge in [-0.05, 0) is 35.6 Å². The van der Waals surface area contributed by atoms with Gasteiger partial charge in [-0.15, -0.1) is 0 Å². The molecule has 23 heavy (non-hydrogen) atoms. The van der Waals surface area contributed by atoms with E-state index < -0.39 is 0 Å². The van der Waals surface area contributed by atoms with Gasteiger partial charge in [0, 0.05) is 31.4 Å². The molecule has 0 aliphatic rings. The van der Waals surface area contributed by atoms with E-state index in [2.05, 4.69) is 17.1 Å². The second-order valence-corrected chi connectivity index (χ2v) is 5.57. The molecule has 0 aliphatic heterocycles. The molecule has 2 aromatic carbocycles. The van der Waals surface area contributed by atoms with Crippen LogP contribution in [-0.4, -0.2) is 36.0 Å². The van der Waals surface area contributed by atoms with Gasteiger partial charge in [0.15, 0.2) is 6.61 Å². The van der Waals surface area contributed by atoms with Crippen molar-refractivity contribution in [2.75, 3.05) is 20.2 Å². The molecule has 0 bridgehead atoms. The Morgan fingerprint density at radius 3 is 2.78 bits per heavy atom. The number of aromatic amines is 1. The van der Waals surface area contributed by atoms with Gasteiger partial charge in [0.2, 0.25) is 0 Å². The molecule has 0 saturated carbocycles. The first kappa shape index (κ1) is 15.2. The van der Waals surface area contributed by atoms with Crippen LogP contribution in [0.2, 0.25) is 0 Å². The van der Waals surface area contributed by atoms with E-state index in [0.717, 1.165) is 17.3 Å². The Labute approximate surface area is 135 Å². The van der Waals surface area contributed by atoms with Gasteiger partial charge in [-0.3, -0.25) is 4.79 Å². The van der Waals surface area contributed by atoms with Crippen molar-refractivity contribution in [3.05, 3.63) is 66.4 Å². The van der Waals surface area contributed by atoms with Crippen LogP contribution in [0.15, 0.2) is 60.8 Å². The normalized spacial score (nSPS) is 10.7. The fourth-order valence-corrected chi connectivity index (χ4v) is 2.44. The summed E-state index contributed by atoms with van der Waals surface area (Å²) in [5.41, 5.74) is 2.23. The fourth-order valence-electron chi connectivity index (χ4n) is 2.44. The Bertz CT molecular complexity index is 780. The van der Waals surface area contributed by atoms with Crippen molar-refractivity contribution >= 4 is 16.8 Å². The maximum atomic E-state index is 12.1. The number of likely N-dealkylation sites (N-methyl/N-ethyl adjacent to an activating group) is 1. The average Bonchev–Trinajstić information content (AvgIpc) is 3.06. The van der Waals surface area contributed by atoms with E-state index in [4.69, 9.17) is 4.74 Å². The second-order valence-electron chi connectivity index (χ2n) is 5.57. The number of rotatable bonds is 6. The smallest absolute Gasteiger partial charge is 0.260 e. The van der Waals surface area contributed by atoms with Crippen molar-refractivity contribution in [3.63, 3.8) is 0 Å². The Morgan fingerprint density at radius 2 is 1.96 bits per heavy atom. The zero-order chi connectivity index (χ0) is 16.1. The van der Waals surface area contributed by atoms with Crippen LogP contribution in [0.5, 0.6) is 5.75 Å². The molecular formula is C19H20N2O2. The van der Waals surface area contributed by atoms with Crippen LogP contribution in [0.25, 0.3) is 10.9 Å². The standard InChI is InChI=1S/C19H20N2O2/c1-21(12-10-15-5-3-2-4-6-15)19(22)14-23-17-8-7-16-9-11-20-18(16)13-17/h2-9,11,13,20H,10,12,14H2,1H3. The SMILES string of the molecule is CN(CCc1ccccc1)C(=O)COc1ccc2cc[nH]c2c1. The zero-order valence-corrected chi connectivity index (χ0v) is 13.2. The van der Waals surface area contributed by atoms with E-state index in [1.165, 1.54) is 5.56 Å². The van der Waals surface area contributed by atoms with Gasteiger partial charge in [0.1, 0.15) is 5.75 Å². The third-order valence-corrected chi connectivity index (χ3v) is 3.89. The monoisotopic (exact) mass is 308 g/mol. The Balaban J connectivity index is 1.50. The summed E-state index contributed by atoms with van der Waals surface area (Å²) in [6.07, 6.45) is 2.73. The molecule has 1 heterocycles. The maximum absolute atomic E-state index is 12.1. The fraction of sp³-hybridized carbons (Fsp3) is 0.211. The molecule has 0 aliphatic carbocycles. The number of H-pyrrole nitrogens is 1. The topological polar surface area (TPSA) is 45.3 Å². The lowest BCUT2D eigenvalue weighted by Gasteiger charge is -2.17. The summed E-state index contributed by atoms with van der Waals surface area (Å²) in [6, 6.07) is 17.9. The molecule has 1 amide bonds. The number of fused-ring (bicyclic) bond motifs is 1. The first-order valence-corrected chi connectivity index (χ1v) is 7.70. The van der Waals surface area contributed by atoms with E-state index in [1.54, 1.807) is 4.90 Å². The van der Waals surface area contributed by atoms with Crippen LogP contribution in [0, 0.1) is 0 Å². The maximum Gasteiger partial charge on any atom is 0.260 e. The summed E-state index contributed by atoms with van der Waals surface area (Å²) in [4.78, 5) is 17.0. The van der Waals surface area contributed by atoms with Crippen molar-refractivity contribution in [3.8, 4) is 5.75 Å². The molecule has 0 radical (unpaired) electrons. The molecule has 1 aromatic heterocycles. The molecule has 4 nitrogen and oxygen atoms in total. The molecule has 0 saturated heterocycles. The highest BCUT2D eigenvalue weighted by Gasteiger charge is 2.10. The quantitative estimate of drug-likeness (QED) is 0.760. The highest BCUT2D eigenvalue weighted by atomic mass is 16.5. The average molecular weight is 308 g/mol. The summed E-state index contributed by atoms with van der Waals surface area (Å²) in [5.74, 6) is 0.678. The molecule has 0 unspecified atom stereocenters. The largest absolute Gasteiger partial charge is 0.484 e. The predicted octanol–water partition coefficient (Wildman–Crippen LogP) is 3.25. The third-order valence-electron chi connectivity index (χ3n) is 3.89. The molecule has 0 fully saturated rings. The lowest BCUT2D eigenvalue weighted by molar-refractivity contribution is -0.132. The number of aromatic nitrogens is 1. The summed E-state index contributed by atoms with van der Waals surface area (Å²) in [6.45, 7) is 0.735. The van der Waals surface area contributed by atoms with Crippen molar-refractivity contribution in [2.24, 2.45) is 0 Å². The lowest BCUT2D eigenvalue weighted by atomic mass is 10.1. The van der Waals surface area contributed by atoms with Crippen molar-refractivity contribution in [1.82, 2.24) is 9.88 Å². The number of hydrogen-bond acceptors (Lipinski definition) is 2. The molecule has 3 aromatic rings.